The Morgan fingerprint density at radius 1 is 1.04 bits per heavy atom. The summed E-state index contributed by atoms with van der Waals surface area (Å²) in [6, 6.07) is 6.50. The molecule has 1 N–H and O–H groups in total. The Labute approximate surface area is 136 Å². The number of amides is 1. The summed E-state index contributed by atoms with van der Waals surface area (Å²) in [6.45, 7) is 1.43. The van der Waals surface area contributed by atoms with Gasteiger partial charge in [0.05, 0.1) is 11.7 Å². The summed E-state index contributed by atoms with van der Waals surface area (Å²) in [7, 11) is 0. The maximum Gasteiger partial charge on any atom is 0.335 e. The molecule has 1 aliphatic carbocycles. The molecular formula is C18H23NO4. The van der Waals surface area contributed by atoms with Crippen LogP contribution in [0.15, 0.2) is 24.3 Å². The summed E-state index contributed by atoms with van der Waals surface area (Å²) in [6.07, 6.45) is 6.63. The van der Waals surface area contributed by atoms with Gasteiger partial charge in [0.1, 0.15) is 0 Å². The van der Waals surface area contributed by atoms with Gasteiger partial charge in [-0.2, -0.15) is 0 Å². The first kappa shape index (κ1) is 16.0. The highest BCUT2D eigenvalue weighted by Gasteiger charge is 2.30. The first-order valence-corrected chi connectivity index (χ1v) is 8.41. The number of carbonyl (C=O) groups excluding carboxylic acids is 1. The van der Waals surface area contributed by atoms with Crippen LogP contribution in [0.25, 0.3) is 0 Å². The highest BCUT2D eigenvalue weighted by Crippen LogP contribution is 2.27. The SMILES string of the molecule is O=C(O)c1ccc(C(=O)N(C[C@@H]2CCCO2)C2CCCC2)cc1. The highest BCUT2D eigenvalue weighted by molar-refractivity contribution is 5.96. The van der Waals surface area contributed by atoms with Gasteiger partial charge in [0.15, 0.2) is 0 Å². The number of aromatic carboxylic acids is 1. The number of carboxylic acids is 1. The molecule has 3 rings (SSSR count). The quantitative estimate of drug-likeness (QED) is 0.906. The van der Waals surface area contributed by atoms with Gasteiger partial charge < -0.3 is 14.7 Å². The van der Waals surface area contributed by atoms with Crippen molar-refractivity contribution in [1.82, 2.24) is 4.90 Å². The van der Waals surface area contributed by atoms with Gasteiger partial charge in [-0.05, 0) is 49.9 Å². The molecule has 1 saturated heterocycles. The number of hydrogen-bond acceptors (Lipinski definition) is 3. The topological polar surface area (TPSA) is 66.8 Å². The second kappa shape index (κ2) is 7.13. The van der Waals surface area contributed by atoms with Crippen molar-refractivity contribution in [2.75, 3.05) is 13.2 Å². The Morgan fingerprint density at radius 2 is 1.70 bits per heavy atom. The summed E-state index contributed by atoms with van der Waals surface area (Å²) in [5.74, 6) is -0.986. The lowest BCUT2D eigenvalue weighted by Crippen LogP contribution is -2.43. The number of nitrogens with zero attached hydrogens (tertiary/aromatic N) is 1. The Morgan fingerprint density at radius 3 is 2.26 bits per heavy atom. The highest BCUT2D eigenvalue weighted by atomic mass is 16.5. The second-order valence-electron chi connectivity index (χ2n) is 6.41. The summed E-state index contributed by atoms with van der Waals surface area (Å²) >= 11 is 0. The molecule has 0 spiro atoms. The minimum absolute atomic E-state index is 0.00987. The van der Waals surface area contributed by atoms with Crippen molar-refractivity contribution in [3.63, 3.8) is 0 Å². The molecule has 1 aromatic carbocycles. The van der Waals surface area contributed by atoms with Crippen LogP contribution in [-0.4, -0.2) is 47.2 Å². The third kappa shape index (κ3) is 3.72. The van der Waals surface area contributed by atoms with Crippen LogP contribution >= 0.6 is 0 Å². The van der Waals surface area contributed by atoms with Gasteiger partial charge in [-0.1, -0.05) is 12.8 Å². The van der Waals surface area contributed by atoms with Crippen LogP contribution in [0.1, 0.15) is 59.2 Å². The third-order valence-electron chi connectivity index (χ3n) is 4.83. The lowest BCUT2D eigenvalue weighted by molar-refractivity contribution is 0.0420. The third-order valence-corrected chi connectivity index (χ3v) is 4.83. The van der Waals surface area contributed by atoms with E-state index in [1.165, 1.54) is 12.1 Å². The van der Waals surface area contributed by atoms with E-state index in [0.29, 0.717) is 12.1 Å². The fourth-order valence-corrected chi connectivity index (χ4v) is 3.54. The van der Waals surface area contributed by atoms with Crippen molar-refractivity contribution in [3.05, 3.63) is 35.4 Å². The monoisotopic (exact) mass is 317 g/mol. The molecule has 1 aliphatic heterocycles. The van der Waals surface area contributed by atoms with Crippen molar-refractivity contribution in [2.24, 2.45) is 0 Å². The second-order valence-corrected chi connectivity index (χ2v) is 6.41. The molecule has 124 valence electrons. The van der Waals surface area contributed by atoms with Gasteiger partial charge >= 0.3 is 5.97 Å². The molecule has 0 aromatic heterocycles. The van der Waals surface area contributed by atoms with Crippen molar-refractivity contribution in [3.8, 4) is 0 Å². The molecule has 23 heavy (non-hydrogen) atoms. The van der Waals surface area contributed by atoms with E-state index < -0.39 is 5.97 Å². The maximum atomic E-state index is 12.9. The molecule has 5 nitrogen and oxygen atoms in total. The van der Waals surface area contributed by atoms with Crippen LogP contribution in [0.4, 0.5) is 0 Å². The Hall–Kier alpha value is -1.88. The normalized spacial score (nSPS) is 21.5. The zero-order valence-corrected chi connectivity index (χ0v) is 13.2. The number of carbonyl (C=O) groups is 2. The van der Waals surface area contributed by atoms with Gasteiger partial charge in [-0.25, -0.2) is 4.79 Å². The van der Waals surface area contributed by atoms with Gasteiger partial charge in [0.2, 0.25) is 0 Å². The van der Waals surface area contributed by atoms with E-state index in [9.17, 15) is 9.59 Å². The molecule has 1 heterocycles. The smallest absolute Gasteiger partial charge is 0.335 e. The van der Waals surface area contributed by atoms with Gasteiger partial charge in [0, 0.05) is 24.8 Å². The Kier molecular flexibility index (Phi) is 4.96. The number of carboxylic acid groups (broad SMARTS) is 1. The summed E-state index contributed by atoms with van der Waals surface area (Å²) in [4.78, 5) is 25.8. The molecule has 0 bridgehead atoms. The molecule has 1 saturated carbocycles. The van der Waals surface area contributed by atoms with Crippen LogP contribution in [0.2, 0.25) is 0 Å². The average Bonchev–Trinajstić information content (AvgIpc) is 3.25. The van der Waals surface area contributed by atoms with Crippen molar-refractivity contribution < 1.29 is 19.4 Å². The van der Waals surface area contributed by atoms with Crippen LogP contribution < -0.4 is 0 Å². The van der Waals surface area contributed by atoms with Gasteiger partial charge in [-0.3, -0.25) is 4.79 Å². The Bertz CT molecular complexity index is 557. The zero-order valence-electron chi connectivity index (χ0n) is 13.2. The van der Waals surface area contributed by atoms with Gasteiger partial charge in [-0.15, -0.1) is 0 Å². The van der Waals surface area contributed by atoms with E-state index in [-0.39, 0.29) is 23.6 Å². The molecule has 2 fully saturated rings. The number of ether oxygens (including phenoxy) is 1. The summed E-state index contributed by atoms with van der Waals surface area (Å²) in [5, 5.41) is 8.97. The van der Waals surface area contributed by atoms with Gasteiger partial charge in [0.25, 0.3) is 5.91 Å². The molecular weight excluding hydrogens is 294 g/mol. The maximum absolute atomic E-state index is 12.9. The first-order valence-electron chi connectivity index (χ1n) is 8.41. The van der Waals surface area contributed by atoms with Crippen molar-refractivity contribution in [1.29, 1.82) is 0 Å². The largest absolute Gasteiger partial charge is 0.478 e. The molecule has 0 radical (unpaired) electrons. The molecule has 1 amide bonds. The van der Waals surface area contributed by atoms with Crippen LogP contribution in [0, 0.1) is 0 Å². The predicted molar refractivity (Wildman–Crippen MR) is 85.7 cm³/mol. The predicted octanol–water partition coefficient (Wildman–Crippen LogP) is 2.95. The minimum atomic E-state index is -0.976. The first-order chi connectivity index (χ1) is 11.1. The average molecular weight is 317 g/mol. The van der Waals surface area contributed by atoms with E-state index in [2.05, 4.69) is 0 Å². The fourth-order valence-electron chi connectivity index (χ4n) is 3.54. The van der Waals surface area contributed by atoms with Crippen LogP contribution in [0.5, 0.6) is 0 Å². The van der Waals surface area contributed by atoms with E-state index >= 15 is 0 Å². The van der Waals surface area contributed by atoms with E-state index in [1.54, 1.807) is 12.1 Å². The zero-order chi connectivity index (χ0) is 16.2. The molecule has 1 atom stereocenters. The lowest BCUT2D eigenvalue weighted by atomic mass is 10.1. The number of hydrogen-bond donors (Lipinski definition) is 1. The van der Waals surface area contributed by atoms with Crippen LogP contribution in [-0.2, 0) is 4.74 Å². The molecule has 1 aromatic rings. The number of rotatable bonds is 5. The van der Waals surface area contributed by atoms with E-state index in [4.69, 9.17) is 9.84 Å². The van der Waals surface area contributed by atoms with E-state index in [1.807, 2.05) is 4.90 Å². The van der Waals surface area contributed by atoms with Crippen LogP contribution in [0.3, 0.4) is 0 Å². The van der Waals surface area contributed by atoms with E-state index in [0.717, 1.165) is 45.1 Å². The van der Waals surface area contributed by atoms with Crippen molar-refractivity contribution >= 4 is 11.9 Å². The number of benzene rings is 1. The molecule has 5 heteroatoms. The Balaban J connectivity index is 1.76. The van der Waals surface area contributed by atoms with Crippen molar-refractivity contribution in [2.45, 2.75) is 50.7 Å². The standard InChI is InChI=1S/C18H23NO4/c20-17(13-7-9-14(10-8-13)18(21)22)19(15-4-1-2-5-15)12-16-6-3-11-23-16/h7-10,15-16H,1-6,11-12H2,(H,21,22)/t16-/m0/s1. The summed E-state index contributed by atoms with van der Waals surface area (Å²) in [5.41, 5.74) is 0.757. The molecule has 0 unspecified atom stereocenters. The minimum Gasteiger partial charge on any atom is -0.478 e. The molecule has 2 aliphatic rings. The fraction of sp³-hybridized carbons (Fsp3) is 0.556. The lowest BCUT2D eigenvalue weighted by Gasteiger charge is -2.31. The summed E-state index contributed by atoms with van der Waals surface area (Å²) < 4.78 is 5.71.